The third kappa shape index (κ3) is 4.92. The zero-order valence-electron chi connectivity index (χ0n) is 15.8. The molecule has 1 aliphatic rings. The molecule has 1 aromatic heterocycles. The molecule has 1 fully saturated rings. The number of nitrogens with one attached hydrogen (secondary N) is 1. The SMILES string of the molecule is CCCCS(=O)(=O)N1CCC(C(=O)Nc2ccc(-n3ccnc3)c(Cl)c2)CC1. The summed E-state index contributed by atoms with van der Waals surface area (Å²) in [5, 5.41) is 3.40. The van der Waals surface area contributed by atoms with Gasteiger partial charge >= 0.3 is 0 Å². The number of anilines is 1. The number of piperidine rings is 1. The molecular weight excluding hydrogens is 400 g/mol. The first-order chi connectivity index (χ1) is 13.4. The zero-order chi connectivity index (χ0) is 20.1. The lowest BCUT2D eigenvalue weighted by Gasteiger charge is -2.30. The minimum atomic E-state index is -3.21. The van der Waals surface area contributed by atoms with Gasteiger partial charge in [-0.3, -0.25) is 4.79 Å². The number of carbonyl (C=O) groups excluding carboxylic acids is 1. The standard InChI is InChI=1S/C19H25ClN4O3S/c1-2-3-12-28(26,27)24-9-6-15(7-10-24)19(25)22-16-4-5-18(17(20)13-16)23-11-8-21-14-23/h4-5,8,11,13-15H,2-3,6-7,9-10,12H2,1H3,(H,22,25). The maximum absolute atomic E-state index is 12.6. The fourth-order valence-corrected chi connectivity index (χ4v) is 5.25. The minimum Gasteiger partial charge on any atom is -0.326 e. The first-order valence-electron chi connectivity index (χ1n) is 9.47. The Hall–Kier alpha value is -1.90. The van der Waals surface area contributed by atoms with Gasteiger partial charge in [-0.15, -0.1) is 0 Å². The maximum Gasteiger partial charge on any atom is 0.227 e. The number of amides is 1. The Balaban J connectivity index is 1.57. The van der Waals surface area contributed by atoms with Crippen LogP contribution in [0.1, 0.15) is 32.6 Å². The van der Waals surface area contributed by atoms with Gasteiger partial charge in [-0.2, -0.15) is 0 Å². The van der Waals surface area contributed by atoms with Crippen LogP contribution in [0, 0.1) is 5.92 Å². The van der Waals surface area contributed by atoms with Gasteiger partial charge in [0.2, 0.25) is 15.9 Å². The van der Waals surface area contributed by atoms with Crippen LogP contribution in [0.5, 0.6) is 0 Å². The molecule has 0 atom stereocenters. The number of hydrogen-bond acceptors (Lipinski definition) is 4. The summed E-state index contributed by atoms with van der Waals surface area (Å²) in [7, 11) is -3.21. The number of nitrogens with zero attached hydrogens (tertiary/aromatic N) is 3. The lowest BCUT2D eigenvalue weighted by molar-refractivity contribution is -0.120. The fourth-order valence-electron chi connectivity index (χ4n) is 3.29. The van der Waals surface area contributed by atoms with Crippen molar-refractivity contribution in [1.82, 2.24) is 13.9 Å². The van der Waals surface area contributed by atoms with Crippen molar-refractivity contribution in [3.05, 3.63) is 41.9 Å². The Morgan fingerprint density at radius 2 is 2.07 bits per heavy atom. The lowest BCUT2D eigenvalue weighted by Crippen LogP contribution is -2.42. The molecule has 9 heteroatoms. The first kappa shape index (κ1) is 20.8. The Kier molecular flexibility index (Phi) is 6.74. The third-order valence-electron chi connectivity index (χ3n) is 4.97. The molecule has 1 aromatic carbocycles. The smallest absolute Gasteiger partial charge is 0.227 e. The number of carbonyl (C=O) groups is 1. The van der Waals surface area contributed by atoms with Gasteiger partial charge in [-0.25, -0.2) is 17.7 Å². The molecule has 7 nitrogen and oxygen atoms in total. The normalized spacial score (nSPS) is 16.2. The largest absolute Gasteiger partial charge is 0.326 e. The fraction of sp³-hybridized carbons (Fsp3) is 0.474. The monoisotopic (exact) mass is 424 g/mol. The van der Waals surface area contributed by atoms with Crippen LogP contribution < -0.4 is 5.32 Å². The second-order valence-electron chi connectivity index (χ2n) is 6.97. The molecule has 2 heterocycles. The van der Waals surface area contributed by atoms with Crippen molar-refractivity contribution in [3.63, 3.8) is 0 Å². The average Bonchev–Trinajstić information content (AvgIpc) is 3.21. The highest BCUT2D eigenvalue weighted by Crippen LogP contribution is 2.26. The molecule has 0 unspecified atom stereocenters. The van der Waals surface area contributed by atoms with Crippen LogP contribution in [0.15, 0.2) is 36.9 Å². The second-order valence-corrected chi connectivity index (χ2v) is 9.46. The summed E-state index contributed by atoms with van der Waals surface area (Å²) in [6.45, 7) is 2.76. The van der Waals surface area contributed by atoms with Gasteiger partial charge in [0.1, 0.15) is 0 Å². The van der Waals surface area contributed by atoms with Crippen molar-refractivity contribution in [2.24, 2.45) is 5.92 Å². The zero-order valence-corrected chi connectivity index (χ0v) is 17.4. The number of aromatic nitrogens is 2. The van der Waals surface area contributed by atoms with E-state index in [2.05, 4.69) is 10.3 Å². The number of hydrogen-bond donors (Lipinski definition) is 1. The highest BCUT2D eigenvalue weighted by atomic mass is 35.5. The number of sulfonamides is 1. The van der Waals surface area contributed by atoms with E-state index in [4.69, 9.17) is 11.6 Å². The molecule has 0 spiro atoms. The van der Waals surface area contributed by atoms with Crippen molar-refractivity contribution >= 4 is 33.2 Å². The molecule has 0 saturated carbocycles. The summed E-state index contributed by atoms with van der Waals surface area (Å²) < 4.78 is 27.9. The Morgan fingerprint density at radius 1 is 1.32 bits per heavy atom. The molecule has 1 aliphatic heterocycles. The van der Waals surface area contributed by atoms with E-state index in [-0.39, 0.29) is 17.6 Å². The topological polar surface area (TPSA) is 84.3 Å². The van der Waals surface area contributed by atoms with Crippen LogP contribution >= 0.6 is 11.6 Å². The van der Waals surface area contributed by atoms with Crippen molar-refractivity contribution in [2.45, 2.75) is 32.6 Å². The van der Waals surface area contributed by atoms with Crippen molar-refractivity contribution in [2.75, 3.05) is 24.2 Å². The molecule has 1 saturated heterocycles. The van der Waals surface area contributed by atoms with E-state index < -0.39 is 10.0 Å². The Labute approximate surface area is 170 Å². The van der Waals surface area contributed by atoms with Crippen LogP contribution in [-0.2, 0) is 14.8 Å². The summed E-state index contributed by atoms with van der Waals surface area (Å²) in [5.74, 6) is -0.121. The van der Waals surface area contributed by atoms with E-state index in [1.807, 2.05) is 13.0 Å². The van der Waals surface area contributed by atoms with E-state index in [1.54, 1.807) is 35.4 Å². The quantitative estimate of drug-likeness (QED) is 0.738. The van der Waals surface area contributed by atoms with Crippen molar-refractivity contribution in [1.29, 1.82) is 0 Å². The maximum atomic E-state index is 12.6. The van der Waals surface area contributed by atoms with Crippen LogP contribution in [0.25, 0.3) is 5.69 Å². The second kappa shape index (κ2) is 9.07. The number of halogens is 1. The van der Waals surface area contributed by atoms with Gasteiger partial charge in [-0.1, -0.05) is 24.9 Å². The van der Waals surface area contributed by atoms with Crippen molar-refractivity contribution in [3.8, 4) is 5.69 Å². The van der Waals surface area contributed by atoms with Crippen LogP contribution in [-0.4, -0.2) is 47.0 Å². The van der Waals surface area contributed by atoms with E-state index >= 15 is 0 Å². The predicted molar refractivity (Wildman–Crippen MR) is 110 cm³/mol. The summed E-state index contributed by atoms with van der Waals surface area (Å²) in [5.41, 5.74) is 1.40. The van der Waals surface area contributed by atoms with Gasteiger partial charge < -0.3 is 9.88 Å². The highest BCUT2D eigenvalue weighted by Gasteiger charge is 2.30. The van der Waals surface area contributed by atoms with E-state index in [0.717, 1.165) is 12.1 Å². The van der Waals surface area contributed by atoms with Crippen LogP contribution in [0.2, 0.25) is 5.02 Å². The van der Waals surface area contributed by atoms with Crippen LogP contribution in [0.4, 0.5) is 5.69 Å². The molecule has 1 amide bonds. The van der Waals surface area contributed by atoms with Gasteiger partial charge in [0.25, 0.3) is 0 Å². The molecule has 0 aliphatic carbocycles. The van der Waals surface area contributed by atoms with E-state index in [1.165, 1.54) is 4.31 Å². The lowest BCUT2D eigenvalue weighted by atomic mass is 9.97. The molecular formula is C19H25ClN4O3S. The van der Waals surface area contributed by atoms with Crippen LogP contribution in [0.3, 0.4) is 0 Å². The van der Waals surface area contributed by atoms with Gasteiger partial charge in [0, 0.05) is 37.1 Å². The minimum absolute atomic E-state index is 0.1000. The van der Waals surface area contributed by atoms with E-state index in [0.29, 0.717) is 43.1 Å². The number of imidazole rings is 1. The Morgan fingerprint density at radius 3 is 2.68 bits per heavy atom. The summed E-state index contributed by atoms with van der Waals surface area (Å²) in [6.07, 6.45) is 7.68. The molecule has 152 valence electrons. The van der Waals surface area contributed by atoms with Gasteiger partial charge in [0.05, 0.1) is 22.8 Å². The van der Waals surface area contributed by atoms with Crippen molar-refractivity contribution < 1.29 is 13.2 Å². The van der Waals surface area contributed by atoms with E-state index in [9.17, 15) is 13.2 Å². The molecule has 28 heavy (non-hydrogen) atoms. The Bertz CT molecular complexity index is 907. The highest BCUT2D eigenvalue weighted by molar-refractivity contribution is 7.89. The summed E-state index contributed by atoms with van der Waals surface area (Å²) in [4.78, 5) is 16.6. The average molecular weight is 425 g/mol. The summed E-state index contributed by atoms with van der Waals surface area (Å²) in [6, 6.07) is 5.32. The number of benzene rings is 1. The molecule has 3 rings (SSSR count). The predicted octanol–water partition coefficient (Wildman–Crippen LogP) is 3.31. The number of unbranched alkanes of at least 4 members (excludes halogenated alkanes) is 1. The molecule has 0 bridgehead atoms. The first-order valence-corrected chi connectivity index (χ1v) is 11.5. The van der Waals surface area contributed by atoms with Gasteiger partial charge in [-0.05, 0) is 37.5 Å². The molecule has 2 aromatic rings. The molecule has 1 N–H and O–H groups in total. The summed E-state index contributed by atoms with van der Waals surface area (Å²) >= 11 is 6.33. The van der Waals surface area contributed by atoms with Gasteiger partial charge in [0.15, 0.2) is 0 Å². The molecule has 0 radical (unpaired) electrons. The number of rotatable bonds is 7. The third-order valence-corrected chi connectivity index (χ3v) is 7.23.